The van der Waals surface area contributed by atoms with Gasteiger partial charge in [-0.05, 0) is 36.4 Å². The molecule has 0 aliphatic carbocycles. The Kier molecular flexibility index (Phi) is 2.64. The summed E-state index contributed by atoms with van der Waals surface area (Å²) in [7, 11) is 0. The summed E-state index contributed by atoms with van der Waals surface area (Å²) >= 11 is 1.41. The first-order valence-electron chi connectivity index (χ1n) is 4.49. The van der Waals surface area contributed by atoms with Gasteiger partial charge in [-0.25, -0.2) is 0 Å². The first-order chi connectivity index (χ1) is 7.15. The van der Waals surface area contributed by atoms with Crippen LogP contribution in [0.3, 0.4) is 0 Å². The molecule has 4 nitrogen and oxygen atoms in total. The van der Waals surface area contributed by atoms with Crippen LogP contribution in [0.1, 0.15) is 11.5 Å². The molecule has 2 N–H and O–H groups in total. The van der Waals surface area contributed by atoms with E-state index in [1.165, 1.54) is 11.8 Å². The first-order valence-corrected chi connectivity index (χ1v) is 5.31. The number of benzene rings is 1. The molecule has 0 bridgehead atoms. The zero-order chi connectivity index (χ0) is 10.8. The lowest BCUT2D eigenvalue weighted by Gasteiger charge is -2.01. The molecule has 78 valence electrons. The zero-order valence-electron chi connectivity index (χ0n) is 8.52. The molecule has 1 aromatic carbocycles. The van der Waals surface area contributed by atoms with Gasteiger partial charge >= 0.3 is 0 Å². The molecule has 0 atom stereocenters. The average Bonchev–Trinajstić information content (AvgIpc) is 2.58. The quantitative estimate of drug-likeness (QED) is 0.789. The van der Waals surface area contributed by atoms with E-state index in [1.54, 1.807) is 6.92 Å². The monoisotopic (exact) mass is 221 g/mol. The van der Waals surface area contributed by atoms with Crippen molar-refractivity contribution in [3.05, 3.63) is 29.7 Å². The van der Waals surface area contributed by atoms with Gasteiger partial charge in [-0.3, -0.25) is 0 Å². The second-order valence-electron chi connectivity index (χ2n) is 3.21. The highest BCUT2D eigenvalue weighted by Crippen LogP contribution is 2.28. The van der Waals surface area contributed by atoms with Crippen LogP contribution in [-0.4, -0.2) is 10.2 Å². The molecule has 0 aliphatic heterocycles. The van der Waals surface area contributed by atoms with Crippen LogP contribution in [0.15, 0.2) is 32.7 Å². The second-order valence-corrected chi connectivity index (χ2v) is 4.23. The summed E-state index contributed by atoms with van der Waals surface area (Å²) in [4.78, 5) is 1.00. The maximum Gasteiger partial charge on any atom is 0.281 e. The molecule has 0 spiro atoms. The predicted octanol–water partition coefficient (Wildman–Crippen LogP) is 2.42. The van der Waals surface area contributed by atoms with Crippen molar-refractivity contribution in [3.8, 4) is 0 Å². The fourth-order valence-electron chi connectivity index (χ4n) is 1.10. The minimum atomic E-state index is 0.538. The molecular weight excluding hydrogens is 210 g/mol. The fraction of sp³-hybridized carbons (Fsp3) is 0.200. The van der Waals surface area contributed by atoms with Crippen LogP contribution in [-0.2, 0) is 0 Å². The highest BCUT2D eigenvalue weighted by Gasteiger charge is 2.05. The molecule has 2 rings (SSSR count). The number of nitrogen functional groups attached to an aromatic ring is 1. The number of anilines is 1. The summed E-state index contributed by atoms with van der Waals surface area (Å²) in [6.07, 6.45) is 0. The standard InChI is InChI=1S/C10H11N3OS/c1-6-3-4-8(5-9(6)11)15-10-13-12-7(2)14-10/h3-5H,11H2,1-2H3. The molecule has 0 fully saturated rings. The first kappa shape index (κ1) is 10.0. The zero-order valence-corrected chi connectivity index (χ0v) is 9.34. The van der Waals surface area contributed by atoms with E-state index in [0.29, 0.717) is 11.1 Å². The molecule has 0 unspecified atom stereocenters. The van der Waals surface area contributed by atoms with Gasteiger partial charge in [0, 0.05) is 17.5 Å². The smallest absolute Gasteiger partial charge is 0.281 e. The van der Waals surface area contributed by atoms with E-state index < -0.39 is 0 Å². The number of hydrogen-bond donors (Lipinski definition) is 1. The number of aryl methyl sites for hydroxylation is 2. The lowest BCUT2D eigenvalue weighted by atomic mass is 10.2. The van der Waals surface area contributed by atoms with Crippen molar-refractivity contribution >= 4 is 17.4 Å². The van der Waals surface area contributed by atoms with Crippen molar-refractivity contribution in [3.63, 3.8) is 0 Å². The van der Waals surface area contributed by atoms with Gasteiger partial charge in [0.15, 0.2) is 0 Å². The van der Waals surface area contributed by atoms with E-state index >= 15 is 0 Å². The third kappa shape index (κ3) is 2.30. The van der Waals surface area contributed by atoms with Crippen molar-refractivity contribution in [1.82, 2.24) is 10.2 Å². The number of aromatic nitrogens is 2. The Hall–Kier alpha value is -1.49. The van der Waals surface area contributed by atoms with Gasteiger partial charge < -0.3 is 10.2 Å². The third-order valence-corrected chi connectivity index (χ3v) is 2.79. The molecule has 0 saturated carbocycles. The second kappa shape index (κ2) is 3.94. The van der Waals surface area contributed by atoms with Crippen LogP contribution in [0.25, 0.3) is 0 Å². The molecule has 0 aliphatic rings. The van der Waals surface area contributed by atoms with E-state index in [9.17, 15) is 0 Å². The predicted molar refractivity (Wildman–Crippen MR) is 58.7 cm³/mol. The van der Waals surface area contributed by atoms with Crippen molar-refractivity contribution in [2.75, 3.05) is 5.73 Å². The topological polar surface area (TPSA) is 64.9 Å². The molecule has 1 heterocycles. The third-order valence-electron chi connectivity index (χ3n) is 1.96. The largest absolute Gasteiger partial charge is 0.416 e. The maximum absolute atomic E-state index is 5.80. The van der Waals surface area contributed by atoms with Gasteiger partial charge in [-0.2, -0.15) is 0 Å². The van der Waals surface area contributed by atoms with Crippen molar-refractivity contribution in [2.45, 2.75) is 24.0 Å². The van der Waals surface area contributed by atoms with E-state index in [-0.39, 0.29) is 0 Å². The minimum Gasteiger partial charge on any atom is -0.416 e. The molecule has 1 aromatic heterocycles. The average molecular weight is 221 g/mol. The Bertz CT molecular complexity index is 481. The Labute approximate surface area is 91.9 Å². The summed E-state index contributed by atoms with van der Waals surface area (Å²) in [6.45, 7) is 3.74. The van der Waals surface area contributed by atoms with Gasteiger partial charge in [-0.15, -0.1) is 10.2 Å². The summed E-state index contributed by atoms with van der Waals surface area (Å²) < 4.78 is 5.26. The van der Waals surface area contributed by atoms with Crippen LogP contribution < -0.4 is 5.73 Å². The van der Waals surface area contributed by atoms with Crippen LogP contribution in [0.2, 0.25) is 0 Å². The number of hydrogen-bond acceptors (Lipinski definition) is 5. The van der Waals surface area contributed by atoms with Crippen molar-refractivity contribution < 1.29 is 4.42 Å². The van der Waals surface area contributed by atoms with Crippen molar-refractivity contribution in [1.29, 1.82) is 0 Å². The Balaban J connectivity index is 2.21. The number of rotatable bonds is 2. The van der Waals surface area contributed by atoms with E-state index in [2.05, 4.69) is 10.2 Å². The van der Waals surface area contributed by atoms with Gasteiger partial charge in [-0.1, -0.05) is 6.07 Å². The van der Waals surface area contributed by atoms with E-state index in [4.69, 9.17) is 10.2 Å². The van der Waals surface area contributed by atoms with E-state index in [0.717, 1.165) is 16.1 Å². The Morgan fingerprint density at radius 1 is 1.27 bits per heavy atom. The van der Waals surface area contributed by atoms with Crippen LogP contribution in [0, 0.1) is 13.8 Å². The Morgan fingerprint density at radius 3 is 2.67 bits per heavy atom. The normalized spacial score (nSPS) is 10.5. The molecule has 15 heavy (non-hydrogen) atoms. The van der Waals surface area contributed by atoms with Gasteiger partial charge in [0.2, 0.25) is 5.89 Å². The van der Waals surface area contributed by atoms with Gasteiger partial charge in [0.05, 0.1) is 0 Å². The van der Waals surface area contributed by atoms with Crippen LogP contribution in [0.4, 0.5) is 5.69 Å². The van der Waals surface area contributed by atoms with Crippen molar-refractivity contribution in [2.24, 2.45) is 0 Å². The molecule has 2 aromatic rings. The van der Waals surface area contributed by atoms with Gasteiger partial charge in [0.25, 0.3) is 5.22 Å². The van der Waals surface area contributed by atoms with Crippen LogP contribution >= 0.6 is 11.8 Å². The van der Waals surface area contributed by atoms with Crippen LogP contribution in [0.5, 0.6) is 0 Å². The summed E-state index contributed by atoms with van der Waals surface area (Å²) in [5.74, 6) is 0.567. The molecular formula is C10H11N3OS. The van der Waals surface area contributed by atoms with E-state index in [1.807, 2.05) is 25.1 Å². The highest BCUT2D eigenvalue weighted by atomic mass is 32.2. The summed E-state index contributed by atoms with van der Waals surface area (Å²) in [6, 6.07) is 5.86. The fourth-order valence-corrected chi connectivity index (χ4v) is 1.87. The Morgan fingerprint density at radius 2 is 2.07 bits per heavy atom. The number of nitrogens with two attached hydrogens (primary N) is 1. The summed E-state index contributed by atoms with van der Waals surface area (Å²) in [5, 5.41) is 8.19. The molecule has 0 amide bonds. The molecule has 0 saturated heterocycles. The lowest BCUT2D eigenvalue weighted by Crippen LogP contribution is -1.88. The SMILES string of the molecule is Cc1nnc(Sc2ccc(C)c(N)c2)o1. The highest BCUT2D eigenvalue weighted by molar-refractivity contribution is 7.99. The maximum atomic E-state index is 5.80. The minimum absolute atomic E-state index is 0.538. The van der Waals surface area contributed by atoms with Gasteiger partial charge in [0.1, 0.15) is 0 Å². The molecule has 5 heteroatoms. The lowest BCUT2D eigenvalue weighted by molar-refractivity contribution is 0.429. The number of nitrogens with zero attached hydrogens (tertiary/aromatic N) is 2. The summed E-state index contributed by atoms with van der Waals surface area (Å²) in [5.41, 5.74) is 7.64. The molecule has 0 radical (unpaired) electrons.